The normalized spacial score (nSPS) is 18.6. The molecule has 1 aliphatic rings. The summed E-state index contributed by atoms with van der Waals surface area (Å²) in [6.45, 7) is 0.649. The fraction of sp³-hybridized carbons (Fsp3) is 0.833. The van der Waals surface area contributed by atoms with Gasteiger partial charge in [0.25, 0.3) is 0 Å². The molecule has 0 aromatic heterocycles. The van der Waals surface area contributed by atoms with Gasteiger partial charge in [0.05, 0.1) is 12.5 Å². The third-order valence-corrected chi connectivity index (χ3v) is 3.33. The maximum atomic E-state index is 11.5. The lowest BCUT2D eigenvalue weighted by Gasteiger charge is -2.21. The third kappa shape index (κ3) is 5.68. The first kappa shape index (κ1) is 14.0. The van der Waals surface area contributed by atoms with E-state index in [-0.39, 0.29) is 12.3 Å². The highest BCUT2D eigenvalue weighted by atomic mass is 16.2. The first-order valence-electron chi connectivity index (χ1n) is 6.41. The summed E-state index contributed by atoms with van der Waals surface area (Å²) in [5.41, 5.74) is 10.5. The van der Waals surface area contributed by atoms with Crippen molar-refractivity contribution in [1.29, 1.82) is 0 Å². The van der Waals surface area contributed by atoms with Crippen molar-refractivity contribution >= 4 is 11.8 Å². The van der Waals surface area contributed by atoms with E-state index in [2.05, 4.69) is 5.32 Å². The van der Waals surface area contributed by atoms with Crippen LogP contribution in [-0.2, 0) is 9.59 Å². The highest BCUT2D eigenvalue weighted by molar-refractivity contribution is 5.87. The first-order valence-corrected chi connectivity index (χ1v) is 6.41. The molecule has 98 valence electrons. The molecule has 1 atom stereocenters. The highest BCUT2D eigenvalue weighted by Crippen LogP contribution is 2.25. The largest absolute Gasteiger partial charge is 0.370 e. The number of nitrogens with one attached hydrogen (secondary N) is 1. The van der Waals surface area contributed by atoms with E-state index >= 15 is 0 Å². The molecule has 0 aromatic carbocycles. The summed E-state index contributed by atoms with van der Waals surface area (Å²) >= 11 is 0. The molecular formula is C12H23N3O2. The Morgan fingerprint density at radius 1 is 1.24 bits per heavy atom. The zero-order valence-electron chi connectivity index (χ0n) is 10.3. The van der Waals surface area contributed by atoms with Crippen LogP contribution in [0.5, 0.6) is 0 Å². The summed E-state index contributed by atoms with van der Waals surface area (Å²) in [5.74, 6) is -0.0871. The molecule has 2 amide bonds. The average molecular weight is 241 g/mol. The van der Waals surface area contributed by atoms with Crippen LogP contribution < -0.4 is 16.8 Å². The average Bonchev–Trinajstić information content (AvgIpc) is 2.29. The Morgan fingerprint density at radius 2 is 1.88 bits per heavy atom. The van der Waals surface area contributed by atoms with Gasteiger partial charge in [-0.3, -0.25) is 9.59 Å². The Kier molecular flexibility index (Phi) is 5.97. The second kappa shape index (κ2) is 7.27. The van der Waals surface area contributed by atoms with Crippen LogP contribution in [0.15, 0.2) is 0 Å². The molecule has 1 fully saturated rings. The number of carbonyl (C=O) groups excluding carboxylic acids is 2. The van der Waals surface area contributed by atoms with Crippen molar-refractivity contribution in [3.8, 4) is 0 Å². The number of rotatable bonds is 6. The molecule has 1 aliphatic carbocycles. The van der Waals surface area contributed by atoms with Gasteiger partial charge in [0.1, 0.15) is 0 Å². The zero-order valence-corrected chi connectivity index (χ0v) is 10.3. The van der Waals surface area contributed by atoms with E-state index in [1.807, 2.05) is 0 Å². The van der Waals surface area contributed by atoms with Crippen LogP contribution in [0, 0.1) is 5.92 Å². The Bertz CT molecular complexity index is 262. The Hall–Kier alpha value is -1.10. The summed E-state index contributed by atoms with van der Waals surface area (Å²) in [5, 5.41) is 2.76. The highest BCUT2D eigenvalue weighted by Gasteiger charge is 2.17. The quantitative estimate of drug-likeness (QED) is 0.622. The second-order valence-electron chi connectivity index (χ2n) is 4.86. The van der Waals surface area contributed by atoms with E-state index in [9.17, 15) is 9.59 Å². The predicted octanol–water partition coefficient (Wildman–Crippen LogP) is 0.276. The summed E-state index contributed by atoms with van der Waals surface area (Å²) in [7, 11) is 0. The van der Waals surface area contributed by atoms with E-state index in [0.717, 1.165) is 12.3 Å². The Labute approximate surface area is 102 Å². The maximum absolute atomic E-state index is 11.5. The summed E-state index contributed by atoms with van der Waals surface area (Å²) in [6.07, 6.45) is 7.41. The van der Waals surface area contributed by atoms with Crippen LogP contribution in [0.4, 0.5) is 0 Å². The van der Waals surface area contributed by atoms with Crippen molar-refractivity contribution in [2.24, 2.45) is 17.4 Å². The lowest BCUT2D eigenvalue weighted by atomic mass is 9.87. The van der Waals surface area contributed by atoms with Gasteiger partial charge < -0.3 is 16.8 Å². The smallest absolute Gasteiger partial charge is 0.237 e. The van der Waals surface area contributed by atoms with Gasteiger partial charge in [-0.25, -0.2) is 0 Å². The van der Waals surface area contributed by atoms with Gasteiger partial charge in [-0.1, -0.05) is 32.1 Å². The van der Waals surface area contributed by atoms with Gasteiger partial charge in [0.2, 0.25) is 11.8 Å². The van der Waals surface area contributed by atoms with Crippen molar-refractivity contribution in [1.82, 2.24) is 5.32 Å². The Balaban J connectivity index is 2.12. The summed E-state index contributed by atoms with van der Waals surface area (Å²) in [4.78, 5) is 22.1. The Morgan fingerprint density at radius 3 is 2.47 bits per heavy atom. The lowest BCUT2D eigenvalue weighted by Crippen LogP contribution is -2.43. The second-order valence-corrected chi connectivity index (χ2v) is 4.86. The molecule has 0 bridgehead atoms. The predicted molar refractivity (Wildman–Crippen MR) is 66.0 cm³/mol. The molecule has 0 heterocycles. The minimum Gasteiger partial charge on any atom is -0.370 e. The van der Waals surface area contributed by atoms with Crippen LogP contribution in [0.3, 0.4) is 0 Å². The zero-order chi connectivity index (χ0) is 12.7. The molecule has 1 rings (SSSR count). The fourth-order valence-corrected chi connectivity index (χ4v) is 2.32. The number of primary amides is 1. The van der Waals surface area contributed by atoms with E-state index in [1.54, 1.807) is 0 Å². The van der Waals surface area contributed by atoms with Crippen LogP contribution >= 0.6 is 0 Å². The van der Waals surface area contributed by atoms with E-state index in [4.69, 9.17) is 11.5 Å². The SMILES string of the molecule is NC(=O)CC(N)C(=O)NCCC1CCCCC1. The minimum atomic E-state index is -0.807. The monoisotopic (exact) mass is 241 g/mol. The van der Waals surface area contributed by atoms with Gasteiger partial charge in [0.15, 0.2) is 0 Å². The van der Waals surface area contributed by atoms with Gasteiger partial charge in [-0.05, 0) is 12.3 Å². The van der Waals surface area contributed by atoms with E-state index in [1.165, 1.54) is 32.1 Å². The number of nitrogens with two attached hydrogens (primary N) is 2. The van der Waals surface area contributed by atoms with Crippen LogP contribution in [0.1, 0.15) is 44.9 Å². The molecule has 0 saturated heterocycles. The number of hydrogen-bond acceptors (Lipinski definition) is 3. The molecule has 0 aromatic rings. The molecule has 0 aliphatic heterocycles. The maximum Gasteiger partial charge on any atom is 0.237 e. The van der Waals surface area contributed by atoms with Crippen molar-refractivity contribution in [2.45, 2.75) is 51.0 Å². The van der Waals surface area contributed by atoms with E-state index in [0.29, 0.717) is 6.54 Å². The number of amides is 2. The topological polar surface area (TPSA) is 98.2 Å². The molecule has 5 nitrogen and oxygen atoms in total. The molecule has 5 heteroatoms. The van der Waals surface area contributed by atoms with E-state index < -0.39 is 11.9 Å². The van der Waals surface area contributed by atoms with Crippen LogP contribution in [0.2, 0.25) is 0 Å². The van der Waals surface area contributed by atoms with Crippen molar-refractivity contribution < 1.29 is 9.59 Å². The standard InChI is InChI=1S/C12H23N3O2/c13-10(8-11(14)16)12(17)15-7-6-9-4-2-1-3-5-9/h9-10H,1-8,13H2,(H2,14,16)(H,15,17). The number of hydrogen-bond donors (Lipinski definition) is 3. The van der Waals surface area contributed by atoms with Gasteiger partial charge in [-0.15, -0.1) is 0 Å². The fourth-order valence-electron chi connectivity index (χ4n) is 2.32. The van der Waals surface area contributed by atoms with Crippen molar-refractivity contribution in [3.05, 3.63) is 0 Å². The van der Waals surface area contributed by atoms with Crippen LogP contribution in [-0.4, -0.2) is 24.4 Å². The van der Waals surface area contributed by atoms with Gasteiger partial charge >= 0.3 is 0 Å². The minimum absolute atomic E-state index is 0.0880. The molecule has 1 unspecified atom stereocenters. The molecular weight excluding hydrogens is 218 g/mol. The summed E-state index contributed by atoms with van der Waals surface area (Å²) < 4.78 is 0. The van der Waals surface area contributed by atoms with Crippen LogP contribution in [0.25, 0.3) is 0 Å². The molecule has 5 N–H and O–H groups in total. The molecule has 0 spiro atoms. The first-order chi connectivity index (χ1) is 8.09. The molecule has 0 radical (unpaired) electrons. The van der Waals surface area contributed by atoms with Crippen molar-refractivity contribution in [3.63, 3.8) is 0 Å². The lowest BCUT2D eigenvalue weighted by molar-refractivity contribution is -0.126. The van der Waals surface area contributed by atoms with Crippen molar-refractivity contribution in [2.75, 3.05) is 6.54 Å². The summed E-state index contributed by atoms with van der Waals surface area (Å²) in [6, 6.07) is -0.807. The van der Waals surface area contributed by atoms with Gasteiger partial charge in [-0.2, -0.15) is 0 Å². The number of carbonyl (C=O) groups is 2. The van der Waals surface area contributed by atoms with Gasteiger partial charge in [0, 0.05) is 6.54 Å². The molecule has 1 saturated carbocycles. The molecule has 17 heavy (non-hydrogen) atoms. The third-order valence-electron chi connectivity index (χ3n) is 3.33.